The van der Waals surface area contributed by atoms with Gasteiger partial charge < -0.3 is 10.4 Å². The van der Waals surface area contributed by atoms with E-state index in [-0.39, 0.29) is 12.2 Å². The predicted molar refractivity (Wildman–Crippen MR) is 113 cm³/mol. The third-order valence-electron chi connectivity index (χ3n) is 5.33. The Morgan fingerprint density at radius 3 is 2.00 bits per heavy atom. The Kier molecular flexibility index (Phi) is 6.89. The molecular weight excluding hydrogens is 404 g/mol. The molecule has 30 heavy (non-hydrogen) atoms. The Labute approximate surface area is 176 Å². The van der Waals surface area contributed by atoms with Crippen LogP contribution in [0.3, 0.4) is 0 Å². The molecule has 1 fully saturated rings. The second kappa shape index (κ2) is 9.40. The molecule has 0 radical (unpaired) electrons. The lowest BCUT2D eigenvalue weighted by molar-refractivity contribution is -0.142. The first-order valence-corrected chi connectivity index (χ1v) is 11.6. The van der Waals surface area contributed by atoms with Gasteiger partial charge in [-0.05, 0) is 24.0 Å². The summed E-state index contributed by atoms with van der Waals surface area (Å²) in [7, 11) is -3.79. The summed E-state index contributed by atoms with van der Waals surface area (Å²) in [5.74, 6) is -1.98. The van der Waals surface area contributed by atoms with Gasteiger partial charge in [0.2, 0.25) is 15.9 Å². The van der Waals surface area contributed by atoms with Gasteiger partial charge in [-0.3, -0.25) is 4.79 Å². The lowest BCUT2D eigenvalue weighted by atomic mass is 9.96. The maximum atomic E-state index is 13.1. The zero-order valence-corrected chi connectivity index (χ0v) is 17.4. The van der Waals surface area contributed by atoms with E-state index in [1.54, 1.807) is 54.6 Å². The third kappa shape index (κ3) is 5.67. The van der Waals surface area contributed by atoms with E-state index in [4.69, 9.17) is 0 Å². The zero-order valence-electron chi connectivity index (χ0n) is 16.6. The fraction of sp³-hybridized carbons (Fsp3) is 0.364. The first kappa shape index (κ1) is 22.0. The Bertz CT molecular complexity index is 971. The molecule has 0 aromatic heterocycles. The molecular formula is C22H26N2O5S. The van der Waals surface area contributed by atoms with Gasteiger partial charge in [0.25, 0.3) is 0 Å². The van der Waals surface area contributed by atoms with Gasteiger partial charge in [-0.15, -0.1) is 0 Å². The molecule has 0 heterocycles. The quantitative estimate of drug-likeness (QED) is 0.565. The average Bonchev–Trinajstić information content (AvgIpc) is 3.17. The number of hydrogen-bond acceptors (Lipinski definition) is 4. The average molecular weight is 431 g/mol. The van der Waals surface area contributed by atoms with E-state index >= 15 is 0 Å². The van der Waals surface area contributed by atoms with Crippen molar-refractivity contribution in [3.63, 3.8) is 0 Å². The van der Waals surface area contributed by atoms with Crippen molar-refractivity contribution < 1.29 is 23.1 Å². The van der Waals surface area contributed by atoms with Gasteiger partial charge in [-0.1, -0.05) is 73.5 Å². The lowest BCUT2D eigenvalue weighted by Crippen LogP contribution is -2.60. The maximum Gasteiger partial charge on any atom is 0.326 e. The molecule has 0 spiro atoms. The van der Waals surface area contributed by atoms with Crippen molar-refractivity contribution in [2.24, 2.45) is 0 Å². The highest BCUT2D eigenvalue weighted by molar-refractivity contribution is 7.88. The van der Waals surface area contributed by atoms with Crippen molar-refractivity contribution in [1.29, 1.82) is 0 Å². The van der Waals surface area contributed by atoms with Crippen molar-refractivity contribution in [3.8, 4) is 0 Å². The van der Waals surface area contributed by atoms with E-state index in [2.05, 4.69) is 10.0 Å². The molecule has 0 unspecified atom stereocenters. The first-order chi connectivity index (χ1) is 14.3. The van der Waals surface area contributed by atoms with Crippen molar-refractivity contribution in [3.05, 3.63) is 71.8 Å². The van der Waals surface area contributed by atoms with E-state index in [1.165, 1.54) is 0 Å². The van der Waals surface area contributed by atoms with Crippen molar-refractivity contribution in [1.82, 2.24) is 10.0 Å². The van der Waals surface area contributed by atoms with Crippen LogP contribution in [0, 0.1) is 0 Å². The number of carboxylic acids is 1. The standard InChI is InChI=1S/C22H26N2O5S/c25-20(26)19(15-17-9-3-1-4-10-17)23-21(27)22(13-7-8-14-22)24-30(28,29)16-18-11-5-2-6-12-18/h1-6,9-12,19,24H,7-8,13-16H2,(H,23,27)(H,25,26)/t19-/m0/s1. The molecule has 3 rings (SSSR count). The number of carbonyl (C=O) groups excluding carboxylic acids is 1. The fourth-order valence-corrected chi connectivity index (χ4v) is 5.42. The van der Waals surface area contributed by atoms with Crippen LogP contribution in [0.5, 0.6) is 0 Å². The maximum absolute atomic E-state index is 13.1. The largest absolute Gasteiger partial charge is 0.480 e. The number of carboxylic acid groups (broad SMARTS) is 1. The molecule has 0 bridgehead atoms. The molecule has 1 amide bonds. The highest BCUT2D eigenvalue weighted by Gasteiger charge is 2.45. The van der Waals surface area contributed by atoms with Gasteiger partial charge in [0.1, 0.15) is 11.6 Å². The Morgan fingerprint density at radius 1 is 0.933 bits per heavy atom. The number of aliphatic carboxylic acids is 1. The van der Waals surface area contributed by atoms with Gasteiger partial charge in [0.05, 0.1) is 5.75 Å². The first-order valence-electron chi connectivity index (χ1n) is 9.93. The zero-order chi connectivity index (χ0) is 21.6. The van der Waals surface area contributed by atoms with Gasteiger partial charge in [0, 0.05) is 6.42 Å². The van der Waals surface area contributed by atoms with E-state index < -0.39 is 33.5 Å². The summed E-state index contributed by atoms with van der Waals surface area (Å²) >= 11 is 0. The summed E-state index contributed by atoms with van der Waals surface area (Å²) in [6.45, 7) is 0. The van der Waals surface area contributed by atoms with Crippen LogP contribution >= 0.6 is 0 Å². The monoisotopic (exact) mass is 430 g/mol. The van der Waals surface area contributed by atoms with E-state index in [9.17, 15) is 23.1 Å². The number of amides is 1. The van der Waals surface area contributed by atoms with Crippen LogP contribution in [0.1, 0.15) is 36.8 Å². The smallest absolute Gasteiger partial charge is 0.326 e. The molecule has 1 aliphatic carbocycles. The molecule has 2 aromatic rings. The fourth-order valence-electron chi connectivity index (χ4n) is 3.83. The van der Waals surface area contributed by atoms with E-state index in [0.29, 0.717) is 31.2 Å². The third-order valence-corrected chi connectivity index (χ3v) is 6.74. The minimum absolute atomic E-state index is 0.120. The highest BCUT2D eigenvalue weighted by atomic mass is 32.2. The normalized spacial score (nSPS) is 16.7. The summed E-state index contributed by atoms with van der Waals surface area (Å²) < 4.78 is 28.1. The van der Waals surface area contributed by atoms with Gasteiger partial charge in [-0.2, -0.15) is 4.72 Å². The number of nitrogens with one attached hydrogen (secondary N) is 2. The minimum atomic E-state index is -3.79. The van der Waals surface area contributed by atoms with Crippen LogP contribution in [0.2, 0.25) is 0 Å². The summed E-state index contributed by atoms with van der Waals surface area (Å²) in [6, 6.07) is 16.6. The molecule has 2 aromatic carbocycles. The summed E-state index contributed by atoms with van der Waals surface area (Å²) in [5, 5.41) is 12.2. The molecule has 0 aliphatic heterocycles. The molecule has 160 valence electrons. The van der Waals surface area contributed by atoms with Gasteiger partial charge in [-0.25, -0.2) is 13.2 Å². The van der Waals surface area contributed by atoms with Gasteiger partial charge in [0.15, 0.2) is 0 Å². The molecule has 0 saturated heterocycles. The van der Waals surface area contributed by atoms with Crippen LogP contribution in [-0.2, 0) is 31.8 Å². The van der Waals surface area contributed by atoms with E-state index in [1.807, 2.05) is 6.07 Å². The minimum Gasteiger partial charge on any atom is -0.480 e. The Hall–Kier alpha value is -2.71. The number of rotatable bonds is 9. The Morgan fingerprint density at radius 2 is 1.47 bits per heavy atom. The molecule has 1 atom stereocenters. The molecule has 3 N–H and O–H groups in total. The topological polar surface area (TPSA) is 113 Å². The number of benzene rings is 2. The molecule has 1 saturated carbocycles. The van der Waals surface area contributed by atoms with Crippen LogP contribution in [0.15, 0.2) is 60.7 Å². The van der Waals surface area contributed by atoms with Crippen LogP contribution in [-0.4, -0.2) is 37.0 Å². The van der Waals surface area contributed by atoms with Crippen molar-refractivity contribution in [2.45, 2.75) is 49.4 Å². The second-order valence-corrected chi connectivity index (χ2v) is 9.41. The second-order valence-electron chi connectivity index (χ2n) is 7.69. The lowest BCUT2D eigenvalue weighted by Gasteiger charge is -2.30. The van der Waals surface area contributed by atoms with Gasteiger partial charge >= 0.3 is 5.97 Å². The number of carbonyl (C=O) groups is 2. The van der Waals surface area contributed by atoms with Crippen molar-refractivity contribution in [2.75, 3.05) is 0 Å². The predicted octanol–water partition coefficient (Wildman–Crippen LogP) is 2.23. The molecule has 1 aliphatic rings. The van der Waals surface area contributed by atoms with Crippen LogP contribution in [0.25, 0.3) is 0 Å². The molecule has 8 heteroatoms. The Balaban J connectivity index is 1.75. The van der Waals surface area contributed by atoms with E-state index in [0.717, 1.165) is 5.56 Å². The SMILES string of the molecule is O=C(O)[C@H](Cc1ccccc1)NC(=O)C1(NS(=O)(=O)Cc2ccccc2)CCCC1. The van der Waals surface area contributed by atoms with Crippen LogP contribution < -0.4 is 10.0 Å². The van der Waals surface area contributed by atoms with Crippen LogP contribution in [0.4, 0.5) is 0 Å². The van der Waals surface area contributed by atoms with Crippen molar-refractivity contribution >= 4 is 21.9 Å². The highest BCUT2D eigenvalue weighted by Crippen LogP contribution is 2.31. The number of hydrogen-bond donors (Lipinski definition) is 3. The summed E-state index contributed by atoms with van der Waals surface area (Å²) in [6.07, 6.45) is 2.18. The number of sulfonamides is 1. The summed E-state index contributed by atoms with van der Waals surface area (Å²) in [4.78, 5) is 24.8. The summed E-state index contributed by atoms with van der Waals surface area (Å²) in [5.41, 5.74) is 0.0687. The molecule has 7 nitrogen and oxygen atoms in total.